The van der Waals surface area contributed by atoms with Crippen LogP contribution in [0.25, 0.3) is 11.8 Å². The van der Waals surface area contributed by atoms with E-state index < -0.39 is 5.91 Å². The molecule has 0 saturated carbocycles. The molecule has 2 aromatic carbocycles. The number of aryl methyl sites for hydroxylation is 2. The molecule has 0 saturated heterocycles. The van der Waals surface area contributed by atoms with Gasteiger partial charge in [-0.25, -0.2) is 4.39 Å². The van der Waals surface area contributed by atoms with Gasteiger partial charge in [-0.1, -0.05) is 17.7 Å². The summed E-state index contributed by atoms with van der Waals surface area (Å²) in [5.74, 6) is -0.849. The Kier molecular flexibility index (Phi) is 5.09. The number of nitrogens with zero attached hydrogens (tertiary/aromatic N) is 4. The average Bonchev–Trinajstić information content (AvgIpc) is 3.33. The number of rotatable bonds is 3. The molecule has 8 heteroatoms. The van der Waals surface area contributed by atoms with Crippen molar-refractivity contribution in [2.75, 3.05) is 0 Å². The first-order valence-corrected chi connectivity index (χ1v) is 11.2. The molecule has 6 nitrogen and oxygen atoms in total. The Morgan fingerprint density at radius 2 is 1.73 bits per heavy atom. The summed E-state index contributed by atoms with van der Waals surface area (Å²) in [4.78, 5) is 17.0. The maximum absolute atomic E-state index is 13.3. The molecule has 164 valence electrons. The first kappa shape index (κ1) is 21.1. The van der Waals surface area contributed by atoms with Crippen molar-refractivity contribution < 1.29 is 9.18 Å². The number of nitrogens with one attached hydrogen (secondary N) is 1. The molecule has 1 N–H and O–H groups in total. The number of halogens is 1. The highest BCUT2D eigenvalue weighted by molar-refractivity contribution is 8.27. The molecule has 0 radical (unpaired) electrons. The molecule has 2 aliphatic heterocycles. The molecule has 0 aliphatic carbocycles. The number of thioether (sulfide) groups is 1. The third kappa shape index (κ3) is 3.72. The van der Waals surface area contributed by atoms with E-state index in [4.69, 9.17) is 5.41 Å². The number of hydrogen-bond acceptors (Lipinski definition) is 4. The molecule has 0 atom stereocenters. The average molecular weight is 458 g/mol. The van der Waals surface area contributed by atoms with Crippen LogP contribution in [0.4, 0.5) is 4.39 Å². The fraction of sp³-hybridized carbons (Fsp3) is 0.120. The molecule has 2 aliphatic rings. The van der Waals surface area contributed by atoms with E-state index in [9.17, 15) is 9.18 Å². The van der Waals surface area contributed by atoms with Gasteiger partial charge in [-0.05, 0) is 86.6 Å². The zero-order chi connectivity index (χ0) is 23.3. The SMILES string of the molecule is Cc1ccc(-n2c(C)cc(C=C3C(=N)N4N=C(c5ccc(F)cc5)SC4=NC3=O)c2C)cc1. The monoisotopic (exact) mass is 457 g/mol. The van der Waals surface area contributed by atoms with Gasteiger partial charge in [0, 0.05) is 22.6 Å². The van der Waals surface area contributed by atoms with Crippen LogP contribution in [0.2, 0.25) is 0 Å². The molecular formula is C25H20FN5OS. The topological polar surface area (TPSA) is 73.8 Å². The van der Waals surface area contributed by atoms with E-state index in [2.05, 4.69) is 38.9 Å². The fourth-order valence-electron chi connectivity index (χ4n) is 3.88. The minimum atomic E-state index is -0.477. The highest BCUT2D eigenvalue weighted by atomic mass is 32.2. The smallest absolute Gasteiger partial charge is 0.283 e. The Balaban J connectivity index is 1.50. The van der Waals surface area contributed by atoms with Crippen LogP contribution in [0.5, 0.6) is 0 Å². The van der Waals surface area contributed by atoms with E-state index in [1.807, 2.05) is 26.8 Å². The molecule has 33 heavy (non-hydrogen) atoms. The van der Waals surface area contributed by atoms with Crippen molar-refractivity contribution in [3.8, 4) is 5.69 Å². The maximum Gasteiger partial charge on any atom is 0.283 e. The van der Waals surface area contributed by atoms with Gasteiger partial charge < -0.3 is 4.57 Å². The van der Waals surface area contributed by atoms with Crippen molar-refractivity contribution in [1.82, 2.24) is 9.58 Å². The van der Waals surface area contributed by atoms with Gasteiger partial charge >= 0.3 is 0 Å². The van der Waals surface area contributed by atoms with E-state index >= 15 is 0 Å². The first-order chi connectivity index (χ1) is 15.8. The number of carbonyl (C=O) groups is 1. The molecule has 0 bridgehead atoms. The standard InChI is InChI=1S/C25H20FN5OS/c1-14-4-10-20(11-5-14)30-15(2)12-18(16(30)3)13-21-22(27)31-25(28-23(21)32)33-24(29-31)17-6-8-19(26)9-7-17/h4-13,27H,1-3H3. The van der Waals surface area contributed by atoms with Crippen LogP contribution >= 0.6 is 11.8 Å². The molecule has 3 aromatic rings. The van der Waals surface area contributed by atoms with E-state index in [-0.39, 0.29) is 17.2 Å². The first-order valence-electron chi connectivity index (χ1n) is 10.3. The molecule has 1 aromatic heterocycles. The number of amidine groups is 2. The van der Waals surface area contributed by atoms with Crippen molar-refractivity contribution in [2.24, 2.45) is 10.1 Å². The minimum absolute atomic E-state index is 0.0326. The van der Waals surface area contributed by atoms with Gasteiger partial charge in [-0.15, -0.1) is 0 Å². The van der Waals surface area contributed by atoms with Gasteiger partial charge in [0.2, 0.25) is 5.17 Å². The molecule has 0 spiro atoms. The number of benzene rings is 2. The zero-order valence-corrected chi connectivity index (χ0v) is 19.1. The Morgan fingerprint density at radius 1 is 1.03 bits per heavy atom. The largest absolute Gasteiger partial charge is 0.318 e. The van der Waals surface area contributed by atoms with E-state index in [0.29, 0.717) is 15.8 Å². The predicted molar refractivity (Wildman–Crippen MR) is 130 cm³/mol. The van der Waals surface area contributed by atoms with Gasteiger partial charge in [-0.2, -0.15) is 15.1 Å². The van der Waals surface area contributed by atoms with Crippen molar-refractivity contribution in [2.45, 2.75) is 20.8 Å². The molecule has 5 rings (SSSR count). The summed E-state index contributed by atoms with van der Waals surface area (Å²) in [6, 6.07) is 16.2. The number of fused-ring (bicyclic) bond motifs is 1. The highest BCUT2D eigenvalue weighted by Gasteiger charge is 2.36. The number of hydrazone groups is 1. The second-order valence-electron chi connectivity index (χ2n) is 7.93. The van der Waals surface area contributed by atoms with Crippen LogP contribution in [0.3, 0.4) is 0 Å². The lowest BCUT2D eigenvalue weighted by molar-refractivity contribution is -0.114. The van der Waals surface area contributed by atoms with Gasteiger partial charge in [0.25, 0.3) is 5.91 Å². The Bertz CT molecular complexity index is 1400. The van der Waals surface area contributed by atoms with Crippen molar-refractivity contribution in [1.29, 1.82) is 5.41 Å². The number of aliphatic imine (C=N–C) groups is 1. The van der Waals surface area contributed by atoms with Crippen LogP contribution in [0, 0.1) is 32.0 Å². The number of hydrogen-bond donors (Lipinski definition) is 1. The second kappa shape index (κ2) is 7.97. The van der Waals surface area contributed by atoms with Crippen molar-refractivity contribution in [3.63, 3.8) is 0 Å². The molecule has 3 heterocycles. The molecular weight excluding hydrogens is 437 g/mol. The number of carbonyl (C=O) groups excluding carboxylic acids is 1. The van der Waals surface area contributed by atoms with Gasteiger partial charge in [-0.3, -0.25) is 10.2 Å². The van der Waals surface area contributed by atoms with Gasteiger partial charge in [0.1, 0.15) is 10.9 Å². The molecule has 0 fully saturated rings. The Hall–Kier alpha value is -3.78. The lowest BCUT2D eigenvalue weighted by Gasteiger charge is -2.20. The maximum atomic E-state index is 13.3. The van der Waals surface area contributed by atoms with Crippen LogP contribution < -0.4 is 0 Å². The minimum Gasteiger partial charge on any atom is -0.318 e. The zero-order valence-electron chi connectivity index (χ0n) is 18.3. The van der Waals surface area contributed by atoms with E-state index in [1.165, 1.54) is 34.5 Å². The Morgan fingerprint density at radius 3 is 2.42 bits per heavy atom. The van der Waals surface area contributed by atoms with E-state index in [0.717, 1.165) is 22.6 Å². The highest BCUT2D eigenvalue weighted by Crippen LogP contribution is 2.32. The van der Waals surface area contributed by atoms with Crippen molar-refractivity contribution >= 4 is 39.8 Å². The van der Waals surface area contributed by atoms with E-state index in [1.54, 1.807) is 18.2 Å². The van der Waals surface area contributed by atoms with Gasteiger partial charge in [0.15, 0.2) is 5.84 Å². The fourth-order valence-corrected chi connectivity index (χ4v) is 4.78. The molecule has 0 unspecified atom stereocenters. The molecule has 1 amide bonds. The normalized spacial score (nSPS) is 16.8. The summed E-state index contributed by atoms with van der Waals surface area (Å²) in [5, 5.41) is 15.3. The number of amides is 1. The summed E-state index contributed by atoms with van der Waals surface area (Å²) < 4.78 is 15.4. The van der Waals surface area contributed by atoms with Crippen LogP contribution in [-0.4, -0.2) is 31.5 Å². The second-order valence-corrected chi connectivity index (χ2v) is 8.89. The quantitative estimate of drug-likeness (QED) is 0.549. The van der Waals surface area contributed by atoms with Crippen molar-refractivity contribution in [3.05, 3.63) is 94.1 Å². The van der Waals surface area contributed by atoms with Crippen LogP contribution in [0.15, 0.2) is 70.3 Å². The number of aromatic nitrogens is 1. The lowest BCUT2D eigenvalue weighted by atomic mass is 10.1. The summed E-state index contributed by atoms with van der Waals surface area (Å²) in [7, 11) is 0. The lowest BCUT2D eigenvalue weighted by Crippen LogP contribution is -2.35. The predicted octanol–water partition coefficient (Wildman–Crippen LogP) is 5.21. The third-order valence-electron chi connectivity index (χ3n) is 5.61. The third-order valence-corrected chi connectivity index (χ3v) is 6.57. The summed E-state index contributed by atoms with van der Waals surface area (Å²) in [5.41, 5.74) is 5.92. The summed E-state index contributed by atoms with van der Waals surface area (Å²) in [6.07, 6.45) is 1.70. The van der Waals surface area contributed by atoms with Crippen LogP contribution in [0.1, 0.15) is 28.1 Å². The summed E-state index contributed by atoms with van der Waals surface area (Å²) in [6.45, 7) is 6.04. The Labute approximate surface area is 194 Å². The van der Waals surface area contributed by atoms with Gasteiger partial charge in [0.05, 0.1) is 5.57 Å². The van der Waals surface area contributed by atoms with Crippen LogP contribution in [-0.2, 0) is 4.79 Å². The summed E-state index contributed by atoms with van der Waals surface area (Å²) >= 11 is 1.19.